The first kappa shape index (κ1) is 20.3. The van der Waals surface area contributed by atoms with E-state index in [2.05, 4.69) is 22.1 Å². The highest BCUT2D eigenvalue weighted by Gasteiger charge is 2.16. The van der Waals surface area contributed by atoms with Crippen LogP contribution in [0.5, 0.6) is 0 Å². The smallest absolute Gasteiger partial charge is 0.238 e. The van der Waals surface area contributed by atoms with Crippen LogP contribution in [0.15, 0.2) is 47.5 Å². The molecule has 150 valence electrons. The number of primary sulfonamides is 1. The first-order chi connectivity index (χ1) is 13.3. The molecule has 1 fully saturated rings. The van der Waals surface area contributed by atoms with E-state index in [0.29, 0.717) is 6.54 Å². The van der Waals surface area contributed by atoms with Crippen molar-refractivity contribution < 1.29 is 13.2 Å². The second-order valence-corrected chi connectivity index (χ2v) is 8.90. The number of pyridine rings is 1. The highest BCUT2D eigenvalue weighted by atomic mass is 32.2. The van der Waals surface area contributed by atoms with Gasteiger partial charge in [0, 0.05) is 25.8 Å². The number of hydrogen-bond donors (Lipinski definition) is 2. The van der Waals surface area contributed by atoms with Gasteiger partial charge in [-0.05, 0) is 48.1 Å². The van der Waals surface area contributed by atoms with Crippen molar-refractivity contribution in [3.63, 3.8) is 0 Å². The van der Waals surface area contributed by atoms with Gasteiger partial charge in [-0.3, -0.25) is 4.79 Å². The van der Waals surface area contributed by atoms with E-state index in [4.69, 9.17) is 5.14 Å². The van der Waals surface area contributed by atoms with Gasteiger partial charge in [0.25, 0.3) is 0 Å². The van der Waals surface area contributed by atoms with E-state index in [-0.39, 0.29) is 17.2 Å². The minimum atomic E-state index is -3.72. The number of carbonyl (C=O) groups is 1. The van der Waals surface area contributed by atoms with Crippen LogP contribution in [0.1, 0.15) is 30.9 Å². The molecule has 3 N–H and O–H groups in total. The summed E-state index contributed by atoms with van der Waals surface area (Å²) in [7, 11) is -3.72. The number of anilines is 1. The molecule has 28 heavy (non-hydrogen) atoms. The number of nitrogens with two attached hydrogens (primary N) is 1. The van der Waals surface area contributed by atoms with Crippen molar-refractivity contribution in [2.75, 3.05) is 18.0 Å². The first-order valence-corrected chi connectivity index (χ1v) is 10.9. The summed E-state index contributed by atoms with van der Waals surface area (Å²) in [5.41, 5.74) is 1.66. The average molecular weight is 403 g/mol. The van der Waals surface area contributed by atoms with E-state index < -0.39 is 10.0 Å². The van der Waals surface area contributed by atoms with Crippen LogP contribution in [0.2, 0.25) is 0 Å². The van der Waals surface area contributed by atoms with Gasteiger partial charge in [0.05, 0.1) is 11.3 Å². The Bertz CT molecular complexity index is 903. The highest BCUT2D eigenvalue weighted by molar-refractivity contribution is 7.89. The maximum atomic E-state index is 12.1. The maximum absolute atomic E-state index is 12.1. The number of nitrogens with zero attached hydrogens (tertiary/aromatic N) is 2. The van der Waals surface area contributed by atoms with Crippen molar-refractivity contribution in [3.05, 3.63) is 53.7 Å². The molecule has 1 aromatic heterocycles. The SMILES string of the molecule is CC1CCN(c2ccc(CNC(=O)Cc3ccc(S(N)(=O)=O)cc3)cn2)CC1. The van der Waals surface area contributed by atoms with Crippen molar-refractivity contribution in [1.29, 1.82) is 0 Å². The molecular formula is C20H26N4O3S. The Labute approximate surface area is 166 Å². The molecule has 0 spiro atoms. The van der Waals surface area contributed by atoms with Gasteiger partial charge in [-0.25, -0.2) is 18.5 Å². The van der Waals surface area contributed by atoms with Gasteiger partial charge in [0.2, 0.25) is 15.9 Å². The zero-order valence-electron chi connectivity index (χ0n) is 16.0. The third-order valence-corrected chi connectivity index (χ3v) is 5.95. The van der Waals surface area contributed by atoms with E-state index in [1.165, 1.54) is 25.0 Å². The maximum Gasteiger partial charge on any atom is 0.238 e. The van der Waals surface area contributed by atoms with Gasteiger partial charge in [-0.1, -0.05) is 25.1 Å². The van der Waals surface area contributed by atoms with Gasteiger partial charge in [0.15, 0.2) is 0 Å². The fourth-order valence-electron chi connectivity index (χ4n) is 3.19. The molecule has 1 aliphatic heterocycles. The van der Waals surface area contributed by atoms with Crippen molar-refractivity contribution >= 4 is 21.7 Å². The standard InChI is InChI=1S/C20H26N4O3S/c1-15-8-10-24(11-9-15)19-7-4-17(13-22-19)14-23-20(25)12-16-2-5-18(6-3-16)28(21,26)27/h2-7,13,15H,8-12,14H2,1H3,(H,23,25)(H2,21,26,27). The minimum Gasteiger partial charge on any atom is -0.357 e. The molecule has 0 bridgehead atoms. The lowest BCUT2D eigenvalue weighted by Crippen LogP contribution is -2.33. The number of sulfonamides is 1. The molecule has 0 unspecified atom stereocenters. The van der Waals surface area contributed by atoms with Crippen LogP contribution in [0.4, 0.5) is 5.82 Å². The van der Waals surface area contributed by atoms with Crippen LogP contribution in [-0.4, -0.2) is 32.4 Å². The molecule has 1 aromatic carbocycles. The molecule has 0 saturated carbocycles. The van der Waals surface area contributed by atoms with E-state index in [1.54, 1.807) is 18.3 Å². The van der Waals surface area contributed by atoms with Crippen LogP contribution in [0.3, 0.4) is 0 Å². The Balaban J connectivity index is 1.49. The van der Waals surface area contributed by atoms with Crippen LogP contribution in [-0.2, 0) is 27.8 Å². The summed E-state index contributed by atoms with van der Waals surface area (Å²) in [6.07, 6.45) is 4.35. The van der Waals surface area contributed by atoms with Crippen LogP contribution < -0.4 is 15.4 Å². The summed E-state index contributed by atoms with van der Waals surface area (Å²) in [5.74, 6) is 1.62. The number of benzene rings is 1. The lowest BCUT2D eigenvalue weighted by molar-refractivity contribution is -0.120. The lowest BCUT2D eigenvalue weighted by atomic mass is 9.99. The van der Waals surface area contributed by atoms with Crippen LogP contribution >= 0.6 is 0 Å². The number of aromatic nitrogens is 1. The van der Waals surface area contributed by atoms with Gasteiger partial charge in [-0.15, -0.1) is 0 Å². The monoisotopic (exact) mass is 402 g/mol. The van der Waals surface area contributed by atoms with E-state index in [0.717, 1.165) is 36.0 Å². The van der Waals surface area contributed by atoms with Crippen molar-refractivity contribution in [2.24, 2.45) is 11.1 Å². The minimum absolute atomic E-state index is 0.0333. The molecule has 2 aromatic rings. The number of amides is 1. The Morgan fingerprint density at radius 1 is 1.14 bits per heavy atom. The lowest BCUT2D eigenvalue weighted by Gasteiger charge is -2.31. The van der Waals surface area contributed by atoms with Crippen LogP contribution in [0.25, 0.3) is 0 Å². The molecule has 7 nitrogen and oxygen atoms in total. The number of nitrogens with one attached hydrogen (secondary N) is 1. The number of carbonyl (C=O) groups excluding carboxylic acids is 1. The fourth-order valence-corrected chi connectivity index (χ4v) is 3.71. The Hall–Kier alpha value is -2.45. The summed E-state index contributed by atoms with van der Waals surface area (Å²) in [5, 5.41) is 7.93. The highest BCUT2D eigenvalue weighted by Crippen LogP contribution is 2.21. The summed E-state index contributed by atoms with van der Waals surface area (Å²) in [4.78, 5) is 19.0. The van der Waals surface area contributed by atoms with Gasteiger partial charge in [-0.2, -0.15) is 0 Å². The summed E-state index contributed by atoms with van der Waals surface area (Å²) >= 11 is 0. The normalized spacial score (nSPS) is 15.4. The molecule has 1 aliphatic rings. The predicted octanol–water partition coefficient (Wildman–Crippen LogP) is 1.82. The molecule has 0 atom stereocenters. The zero-order valence-corrected chi connectivity index (χ0v) is 16.8. The molecule has 0 aliphatic carbocycles. The Morgan fingerprint density at radius 2 is 1.79 bits per heavy atom. The Kier molecular flexibility index (Phi) is 6.31. The molecule has 0 radical (unpaired) electrons. The summed E-state index contributed by atoms with van der Waals surface area (Å²) in [6, 6.07) is 9.99. The number of piperidine rings is 1. The fraction of sp³-hybridized carbons (Fsp3) is 0.400. The van der Waals surface area contributed by atoms with Crippen molar-refractivity contribution in [1.82, 2.24) is 10.3 Å². The average Bonchev–Trinajstić information content (AvgIpc) is 2.67. The molecule has 1 saturated heterocycles. The quantitative estimate of drug-likeness (QED) is 0.767. The third kappa shape index (κ3) is 5.53. The number of rotatable bonds is 6. The van der Waals surface area contributed by atoms with Crippen molar-refractivity contribution in [3.8, 4) is 0 Å². The molecule has 3 rings (SSSR count). The third-order valence-electron chi connectivity index (χ3n) is 5.02. The first-order valence-electron chi connectivity index (χ1n) is 9.39. The summed E-state index contributed by atoms with van der Waals surface area (Å²) < 4.78 is 22.5. The van der Waals surface area contributed by atoms with E-state index in [1.807, 2.05) is 12.1 Å². The molecule has 2 heterocycles. The van der Waals surface area contributed by atoms with E-state index in [9.17, 15) is 13.2 Å². The molecular weight excluding hydrogens is 376 g/mol. The zero-order chi connectivity index (χ0) is 20.1. The Morgan fingerprint density at radius 3 is 2.36 bits per heavy atom. The molecule has 8 heteroatoms. The summed E-state index contributed by atoms with van der Waals surface area (Å²) in [6.45, 7) is 4.76. The second-order valence-electron chi connectivity index (χ2n) is 7.34. The largest absolute Gasteiger partial charge is 0.357 e. The predicted molar refractivity (Wildman–Crippen MR) is 108 cm³/mol. The second kappa shape index (κ2) is 8.70. The van der Waals surface area contributed by atoms with Crippen molar-refractivity contribution in [2.45, 2.75) is 37.6 Å². The van der Waals surface area contributed by atoms with Crippen LogP contribution in [0, 0.1) is 5.92 Å². The van der Waals surface area contributed by atoms with Gasteiger partial charge >= 0.3 is 0 Å². The van der Waals surface area contributed by atoms with Gasteiger partial charge in [0.1, 0.15) is 5.82 Å². The molecule has 1 amide bonds. The van der Waals surface area contributed by atoms with E-state index >= 15 is 0 Å². The topological polar surface area (TPSA) is 105 Å². The van der Waals surface area contributed by atoms with Gasteiger partial charge < -0.3 is 10.2 Å². The number of hydrogen-bond acceptors (Lipinski definition) is 5.